The van der Waals surface area contributed by atoms with Crippen molar-refractivity contribution in [3.63, 3.8) is 0 Å². The molecule has 0 fully saturated rings. The van der Waals surface area contributed by atoms with Gasteiger partial charge in [0.2, 0.25) is 5.75 Å². The molecule has 0 bridgehead atoms. The van der Waals surface area contributed by atoms with E-state index in [4.69, 9.17) is 21.1 Å². The van der Waals surface area contributed by atoms with Crippen LogP contribution in [-0.4, -0.2) is 11.5 Å². The third-order valence-corrected chi connectivity index (χ3v) is 3.27. The van der Waals surface area contributed by atoms with Crippen LogP contribution in [0, 0.1) is 10.1 Å². The van der Waals surface area contributed by atoms with Crippen LogP contribution < -0.4 is 9.47 Å². The Hall–Kier alpha value is -2.74. The normalized spacial score (nSPS) is 11.0. The molecular formula is C16H11ClF3NO4. The third-order valence-electron chi connectivity index (χ3n) is 2.97. The topological polar surface area (TPSA) is 61.6 Å². The van der Waals surface area contributed by atoms with Crippen LogP contribution in [-0.2, 0) is 6.18 Å². The van der Waals surface area contributed by atoms with Crippen molar-refractivity contribution in [3.8, 4) is 17.2 Å². The minimum atomic E-state index is -4.53. The molecule has 9 heteroatoms. The van der Waals surface area contributed by atoms with Crippen LogP contribution in [0.2, 0.25) is 5.02 Å². The molecule has 0 saturated heterocycles. The first-order valence-electron chi connectivity index (χ1n) is 6.79. The van der Waals surface area contributed by atoms with Crippen LogP contribution in [0.5, 0.6) is 17.2 Å². The predicted molar refractivity (Wildman–Crippen MR) is 85.3 cm³/mol. The minimum Gasteiger partial charge on any atom is -0.483 e. The summed E-state index contributed by atoms with van der Waals surface area (Å²) in [5, 5.41) is 10.7. The van der Waals surface area contributed by atoms with E-state index < -0.39 is 16.7 Å². The van der Waals surface area contributed by atoms with Crippen molar-refractivity contribution in [3.05, 3.63) is 69.8 Å². The van der Waals surface area contributed by atoms with E-state index in [1.54, 1.807) is 0 Å². The first kappa shape index (κ1) is 18.6. The number of nitro groups is 1. The summed E-state index contributed by atoms with van der Waals surface area (Å²) in [6.07, 6.45) is -3.12. The second kappa shape index (κ2) is 7.43. The highest BCUT2D eigenvalue weighted by atomic mass is 35.5. The molecule has 0 heterocycles. The molecule has 0 saturated carbocycles. The Kier molecular flexibility index (Phi) is 5.53. The fourth-order valence-electron chi connectivity index (χ4n) is 1.86. The molecule has 2 aromatic carbocycles. The van der Waals surface area contributed by atoms with Crippen molar-refractivity contribution in [1.29, 1.82) is 0 Å². The molecular weight excluding hydrogens is 363 g/mol. The molecule has 2 rings (SSSR count). The maximum absolute atomic E-state index is 12.6. The van der Waals surface area contributed by atoms with E-state index in [-0.39, 0.29) is 34.6 Å². The van der Waals surface area contributed by atoms with Gasteiger partial charge in [-0.3, -0.25) is 10.1 Å². The Morgan fingerprint density at radius 1 is 1.20 bits per heavy atom. The zero-order valence-electron chi connectivity index (χ0n) is 12.5. The van der Waals surface area contributed by atoms with Gasteiger partial charge in [0.05, 0.1) is 15.5 Å². The van der Waals surface area contributed by atoms with E-state index in [2.05, 4.69) is 6.58 Å². The van der Waals surface area contributed by atoms with Crippen LogP contribution in [0.1, 0.15) is 5.56 Å². The molecule has 0 aromatic heterocycles. The Labute approximate surface area is 145 Å². The van der Waals surface area contributed by atoms with Gasteiger partial charge in [0, 0.05) is 12.1 Å². The van der Waals surface area contributed by atoms with Crippen molar-refractivity contribution in [2.45, 2.75) is 6.18 Å². The molecule has 0 unspecified atom stereocenters. The van der Waals surface area contributed by atoms with E-state index in [1.807, 2.05) is 0 Å². The number of halogens is 4. The number of nitrogens with zero attached hydrogens (tertiary/aromatic N) is 1. The van der Waals surface area contributed by atoms with Gasteiger partial charge in [-0.2, -0.15) is 13.2 Å². The second-order valence-corrected chi connectivity index (χ2v) is 5.14. The lowest BCUT2D eigenvalue weighted by Crippen LogP contribution is -2.04. The number of hydrogen-bond donors (Lipinski definition) is 0. The van der Waals surface area contributed by atoms with Gasteiger partial charge in [-0.15, -0.1) is 0 Å². The lowest BCUT2D eigenvalue weighted by atomic mass is 10.2. The SMILES string of the molecule is C=CCOc1cc(Oc2ccc(C(F)(F)F)cc2Cl)ccc1[N+](=O)[O-]. The Balaban J connectivity index is 2.31. The number of benzene rings is 2. The highest BCUT2D eigenvalue weighted by molar-refractivity contribution is 6.32. The summed E-state index contributed by atoms with van der Waals surface area (Å²) >= 11 is 5.81. The van der Waals surface area contributed by atoms with Gasteiger partial charge < -0.3 is 9.47 Å². The van der Waals surface area contributed by atoms with E-state index in [0.29, 0.717) is 0 Å². The molecule has 0 radical (unpaired) electrons. The predicted octanol–water partition coefficient (Wildman–Crippen LogP) is 5.62. The average molecular weight is 374 g/mol. The monoisotopic (exact) mass is 373 g/mol. The van der Waals surface area contributed by atoms with Gasteiger partial charge >= 0.3 is 11.9 Å². The first-order valence-corrected chi connectivity index (χ1v) is 7.17. The molecule has 5 nitrogen and oxygen atoms in total. The summed E-state index contributed by atoms with van der Waals surface area (Å²) in [6.45, 7) is 3.48. The minimum absolute atomic E-state index is 0.0295. The van der Waals surface area contributed by atoms with Gasteiger partial charge in [0.25, 0.3) is 0 Å². The number of alkyl halides is 3. The largest absolute Gasteiger partial charge is 0.483 e. The standard InChI is InChI=1S/C16H11ClF3NO4/c1-2-7-24-15-9-11(4-5-13(15)21(22)23)25-14-6-3-10(8-12(14)17)16(18,19)20/h2-6,8-9H,1,7H2. The van der Waals surface area contributed by atoms with Crippen LogP contribution in [0.4, 0.5) is 18.9 Å². The number of rotatable bonds is 6. The molecule has 25 heavy (non-hydrogen) atoms. The van der Waals surface area contributed by atoms with Crippen molar-refractivity contribution in [2.24, 2.45) is 0 Å². The van der Waals surface area contributed by atoms with E-state index in [9.17, 15) is 23.3 Å². The zero-order valence-corrected chi connectivity index (χ0v) is 13.3. The summed E-state index contributed by atoms with van der Waals surface area (Å²) in [6, 6.07) is 6.31. The molecule has 0 aliphatic heterocycles. The van der Waals surface area contributed by atoms with Crippen LogP contribution in [0.25, 0.3) is 0 Å². The molecule has 0 spiro atoms. The van der Waals surface area contributed by atoms with E-state index in [0.717, 1.165) is 24.3 Å². The molecule has 0 aliphatic carbocycles. The van der Waals surface area contributed by atoms with Crippen molar-refractivity contribution in [2.75, 3.05) is 6.61 Å². The van der Waals surface area contributed by atoms with Gasteiger partial charge in [-0.05, 0) is 24.3 Å². The van der Waals surface area contributed by atoms with Crippen molar-refractivity contribution >= 4 is 17.3 Å². The molecule has 0 amide bonds. The van der Waals surface area contributed by atoms with Crippen molar-refractivity contribution < 1.29 is 27.6 Å². The average Bonchev–Trinajstić information content (AvgIpc) is 2.53. The first-order chi connectivity index (χ1) is 11.7. The lowest BCUT2D eigenvalue weighted by molar-refractivity contribution is -0.385. The van der Waals surface area contributed by atoms with Gasteiger partial charge in [-0.1, -0.05) is 24.3 Å². The number of hydrogen-bond acceptors (Lipinski definition) is 4. The fourth-order valence-corrected chi connectivity index (χ4v) is 2.08. The summed E-state index contributed by atoms with van der Waals surface area (Å²) in [5.41, 5.74) is -1.20. The summed E-state index contributed by atoms with van der Waals surface area (Å²) in [7, 11) is 0. The second-order valence-electron chi connectivity index (χ2n) is 4.73. The zero-order chi connectivity index (χ0) is 18.6. The van der Waals surface area contributed by atoms with Gasteiger partial charge in [0.1, 0.15) is 18.1 Å². The lowest BCUT2D eigenvalue weighted by Gasteiger charge is -2.12. The maximum Gasteiger partial charge on any atom is 0.416 e. The summed E-state index contributed by atoms with van der Waals surface area (Å²) in [4.78, 5) is 10.3. The quantitative estimate of drug-likeness (QED) is 0.374. The van der Waals surface area contributed by atoms with Crippen LogP contribution in [0.15, 0.2) is 49.1 Å². The Morgan fingerprint density at radius 3 is 2.48 bits per heavy atom. The highest BCUT2D eigenvalue weighted by Crippen LogP contribution is 2.38. The number of nitro benzene ring substituents is 1. The molecule has 132 valence electrons. The van der Waals surface area contributed by atoms with Crippen LogP contribution >= 0.6 is 11.6 Å². The van der Waals surface area contributed by atoms with Gasteiger partial charge in [-0.25, -0.2) is 0 Å². The fraction of sp³-hybridized carbons (Fsp3) is 0.125. The van der Waals surface area contributed by atoms with Crippen molar-refractivity contribution in [1.82, 2.24) is 0 Å². The molecule has 0 aliphatic rings. The van der Waals surface area contributed by atoms with E-state index >= 15 is 0 Å². The summed E-state index contributed by atoms with van der Waals surface area (Å²) < 4.78 is 48.5. The molecule has 0 N–H and O–H groups in total. The Morgan fingerprint density at radius 2 is 1.92 bits per heavy atom. The number of ether oxygens (including phenoxy) is 2. The third kappa shape index (κ3) is 4.63. The molecule has 0 atom stereocenters. The smallest absolute Gasteiger partial charge is 0.416 e. The van der Waals surface area contributed by atoms with Crippen LogP contribution in [0.3, 0.4) is 0 Å². The highest BCUT2D eigenvalue weighted by Gasteiger charge is 2.31. The van der Waals surface area contributed by atoms with E-state index in [1.165, 1.54) is 18.2 Å². The summed E-state index contributed by atoms with van der Waals surface area (Å²) in [5.74, 6) is 0.0231. The van der Waals surface area contributed by atoms with Gasteiger partial charge in [0.15, 0.2) is 0 Å². The maximum atomic E-state index is 12.6. The Bertz CT molecular complexity index is 808. The molecule has 2 aromatic rings.